The summed E-state index contributed by atoms with van der Waals surface area (Å²) in [5, 5.41) is 0. The first-order chi connectivity index (χ1) is 6.61. The van der Waals surface area contributed by atoms with E-state index in [2.05, 4.69) is 0 Å². The molecule has 1 aromatic rings. The summed E-state index contributed by atoms with van der Waals surface area (Å²) in [5.41, 5.74) is 3.36. The lowest BCUT2D eigenvalue weighted by atomic mass is 9.89. The molecule has 0 saturated heterocycles. The first-order valence-corrected chi connectivity index (χ1v) is 4.48. The maximum Gasteiger partial charge on any atom is 0.233 e. The summed E-state index contributed by atoms with van der Waals surface area (Å²) in [5.74, 6) is -0.810. The summed E-state index contributed by atoms with van der Waals surface area (Å²) < 4.78 is 0. The van der Waals surface area contributed by atoms with Gasteiger partial charge in [-0.05, 0) is 36.6 Å². The molecule has 0 amide bonds. The highest BCUT2D eigenvalue weighted by atomic mass is 16.2. The third-order valence-electron chi connectivity index (χ3n) is 2.63. The fourth-order valence-electron chi connectivity index (χ4n) is 1.64. The van der Waals surface area contributed by atoms with Gasteiger partial charge in [0.1, 0.15) is 0 Å². The van der Waals surface area contributed by atoms with Gasteiger partial charge in [0.25, 0.3) is 0 Å². The summed E-state index contributed by atoms with van der Waals surface area (Å²) in [7, 11) is 0. The van der Waals surface area contributed by atoms with Gasteiger partial charge in [0.15, 0.2) is 0 Å². The lowest BCUT2D eigenvalue weighted by Gasteiger charge is -2.12. The second-order valence-electron chi connectivity index (χ2n) is 3.50. The fourth-order valence-corrected chi connectivity index (χ4v) is 1.64. The molecule has 0 spiro atoms. The first kappa shape index (κ1) is 8.88. The Balaban J connectivity index is 2.77. The molecule has 0 fully saturated rings. The van der Waals surface area contributed by atoms with Gasteiger partial charge in [0.05, 0.1) is 0 Å². The van der Waals surface area contributed by atoms with E-state index in [4.69, 9.17) is 0 Å². The molecule has 0 saturated carbocycles. The van der Waals surface area contributed by atoms with Crippen molar-refractivity contribution in [2.45, 2.75) is 13.8 Å². The Morgan fingerprint density at radius 3 is 2.43 bits per heavy atom. The van der Waals surface area contributed by atoms with Gasteiger partial charge < -0.3 is 0 Å². The number of benzene rings is 1. The predicted octanol–water partition coefficient (Wildman–Crippen LogP) is 2.08. The molecule has 0 bridgehead atoms. The minimum atomic E-state index is -0.425. The Hall–Kier alpha value is -1.70. The quantitative estimate of drug-likeness (QED) is 0.581. The lowest BCUT2D eigenvalue weighted by Crippen LogP contribution is -2.18. The molecule has 1 aromatic carbocycles. The number of hydrogen-bond donors (Lipinski definition) is 0. The number of allylic oxidation sites excluding steroid dienone is 1. The summed E-state index contributed by atoms with van der Waals surface area (Å²) in [6.07, 6.45) is 3.03. The van der Waals surface area contributed by atoms with Crippen molar-refractivity contribution in [3.8, 4) is 0 Å². The van der Waals surface area contributed by atoms with Crippen LogP contribution in [0.3, 0.4) is 0 Å². The zero-order valence-corrected chi connectivity index (χ0v) is 8.13. The highest BCUT2D eigenvalue weighted by Gasteiger charge is 2.22. The maximum absolute atomic E-state index is 11.6. The van der Waals surface area contributed by atoms with Gasteiger partial charge in [0.2, 0.25) is 11.6 Å². The molecule has 2 rings (SSSR count). The summed E-state index contributed by atoms with van der Waals surface area (Å²) in [6.45, 7) is 3.81. The Morgan fingerprint density at radius 2 is 1.71 bits per heavy atom. The Kier molecular flexibility index (Phi) is 1.84. The van der Waals surface area contributed by atoms with Crippen LogP contribution >= 0.6 is 0 Å². The molecule has 0 atom stereocenters. The SMILES string of the molecule is Cc1ccc2c(c1C)C(=O)C(=O)C=C2. The van der Waals surface area contributed by atoms with E-state index in [-0.39, 0.29) is 5.78 Å². The van der Waals surface area contributed by atoms with Crippen LogP contribution in [0.1, 0.15) is 27.0 Å². The molecule has 0 radical (unpaired) electrons. The zero-order valence-electron chi connectivity index (χ0n) is 8.13. The van der Waals surface area contributed by atoms with Crippen molar-refractivity contribution in [1.29, 1.82) is 0 Å². The number of ketones is 2. The number of fused-ring (bicyclic) bond motifs is 1. The van der Waals surface area contributed by atoms with Crippen LogP contribution in [-0.4, -0.2) is 11.6 Å². The van der Waals surface area contributed by atoms with Gasteiger partial charge in [-0.2, -0.15) is 0 Å². The van der Waals surface area contributed by atoms with Gasteiger partial charge in [-0.25, -0.2) is 0 Å². The number of aryl methyl sites for hydroxylation is 1. The number of Topliss-reactive ketones (excluding diaryl/α,β-unsaturated/α-hetero) is 1. The number of carbonyl (C=O) groups is 2. The van der Waals surface area contributed by atoms with Crippen molar-refractivity contribution in [2.75, 3.05) is 0 Å². The average Bonchev–Trinajstić information content (AvgIpc) is 2.17. The molecule has 70 valence electrons. The third kappa shape index (κ3) is 1.11. The maximum atomic E-state index is 11.6. The molecular formula is C12H10O2. The Labute approximate surface area is 82.2 Å². The zero-order chi connectivity index (χ0) is 10.3. The molecular weight excluding hydrogens is 176 g/mol. The van der Waals surface area contributed by atoms with E-state index in [1.54, 1.807) is 6.08 Å². The van der Waals surface area contributed by atoms with Crippen LogP contribution in [0.15, 0.2) is 18.2 Å². The summed E-state index contributed by atoms with van der Waals surface area (Å²) in [6, 6.07) is 3.83. The molecule has 0 N–H and O–H groups in total. The normalized spacial score (nSPS) is 14.4. The van der Waals surface area contributed by atoms with E-state index in [1.807, 2.05) is 26.0 Å². The van der Waals surface area contributed by atoms with Crippen LogP contribution in [-0.2, 0) is 4.79 Å². The third-order valence-corrected chi connectivity index (χ3v) is 2.63. The van der Waals surface area contributed by atoms with Crippen molar-refractivity contribution in [3.63, 3.8) is 0 Å². The number of hydrogen-bond acceptors (Lipinski definition) is 2. The van der Waals surface area contributed by atoms with E-state index >= 15 is 0 Å². The largest absolute Gasteiger partial charge is 0.286 e. The van der Waals surface area contributed by atoms with Gasteiger partial charge in [0, 0.05) is 5.56 Å². The highest BCUT2D eigenvalue weighted by molar-refractivity contribution is 6.50. The van der Waals surface area contributed by atoms with Crippen molar-refractivity contribution in [3.05, 3.63) is 40.5 Å². The Morgan fingerprint density at radius 1 is 1.00 bits per heavy atom. The average molecular weight is 186 g/mol. The molecule has 0 aliphatic heterocycles. The minimum absolute atomic E-state index is 0.385. The molecule has 0 aromatic heterocycles. The van der Waals surface area contributed by atoms with E-state index in [1.165, 1.54) is 6.08 Å². The van der Waals surface area contributed by atoms with Crippen molar-refractivity contribution in [1.82, 2.24) is 0 Å². The second kappa shape index (κ2) is 2.91. The van der Waals surface area contributed by atoms with Gasteiger partial charge in [-0.3, -0.25) is 9.59 Å². The second-order valence-corrected chi connectivity index (χ2v) is 3.50. The lowest BCUT2D eigenvalue weighted by molar-refractivity contribution is -0.110. The standard InChI is InChI=1S/C12H10O2/c1-7-3-4-9-5-6-10(13)12(14)11(9)8(7)2/h3-6H,1-2H3. The molecule has 0 unspecified atom stereocenters. The van der Waals surface area contributed by atoms with Crippen LogP contribution in [0, 0.1) is 13.8 Å². The smallest absolute Gasteiger partial charge is 0.233 e. The van der Waals surface area contributed by atoms with Crippen LogP contribution in [0.4, 0.5) is 0 Å². The van der Waals surface area contributed by atoms with E-state index in [9.17, 15) is 9.59 Å². The Bertz CT molecular complexity index is 467. The molecule has 2 heteroatoms. The van der Waals surface area contributed by atoms with Crippen molar-refractivity contribution in [2.24, 2.45) is 0 Å². The van der Waals surface area contributed by atoms with Crippen LogP contribution in [0.5, 0.6) is 0 Å². The van der Waals surface area contributed by atoms with Crippen LogP contribution in [0.25, 0.3) is 6.08 Å². The molecule has 2 nitrogen and oxygen atoms in total. The predicted molar refractivity (Wildman–Crippen MR) is 54.3 cm³/mol. The first-order valence-electron chi connectivity index (χ1n) is 4.48. The van der Waals surface area contributed by atoms with E-state index in [0.29, 0.717) is 5.56 Å². The summed E-state index contributed by atoms with van der Waals surface area (Å²) >= 11 is 0. The molecule has 0 heterocycles. The number of carbonyl (C=O) groups excluding carboxylic acids is 2. The van der Waals surface area contributed by atoms with Gasteiger partial charge in [-0.15, -0.1) is 0 Å². The van der Waals surface area contributed by atoms with Crippen LogP contribution in [0.2, 0.25) is 0 Å². The van der Waals surface area contributed by atoms with E-state index in [0.717, 1.165) is 16.7 Å². The van der Waals surface area contributed by atoms with Gasteiger partial charge in [-0.1, -0.05) is 18.2 Å². The molecule has 1 aliphatic carbocycles. The topological polar surface area (TPSA) is 34.1 Å². The number of rotatable bonds is 0. The molecule has 14 heavy (non-hydrogen) atoms. The molecule has 1 aliphatic rings. The minimum Gasteiger partial charge on any atom is -0.286 e. The van der Waals surface area contributed by atoms with E-state index < -0.39 is 5.78 Å². The monoisotopic (exact) mass is 186 g/mol. The van der Waals surface area contributed by atoms with Crippen molar-refractivity contribution < 1.29 is 9.59 Å². The van der Waals surface area contributed by atoms with Gasteiger partial charge >= 0.3 is 0 Å². The highest BCUT2D eigenvalue weighted by Crippen LogP contribution is 2.23. The fraction of sp³-hybridized carbons (Fsp3) is 0.167. The van der Waals surface area contributed by atoms with Crippen molar-refractivity contribution >= 4 is 17.6 Å². The summed E-state index contributed by atoms with van der Waals surface area (Å²) in [4.78, 5) is 22.8. The van der Waals surface area contributed by atoms with Crippen LogP contribution < -0.4 is 0 Å².